The molecule has 1 aromatic heterocycles. The van der Waals surface area contributed by atoms with Crippen LogP contribution < -0.4 is 10.1 Å². The van der Waals surface area contributed by atoms with Crippen molar-refractivity contribution in [1.29, 1.82) is 0 Å². The molecule has 0 saturated carbocycles. The van der Waals surface area contributed by atoms with Gasteiger partial charge in [-0.15, -0.1) is 23.1 Å². The number of hydrogen-bond donors (Lipinski definition) is 1. The van der Waals surface area contributed by atoms with Gasteiger partial charge in [0.15, 0.2) is 5.78 Å². The number of benzene rings is 2. The minimum atomic E-state index is -1.09. The Balaban J connectivity index is 1.62. The van der Waals surface area contributed by atoms with Crippen LogP contribution in [0.25, 0.3) is 0 Å². The van der Waals surface area contributed by atoms with Crippen molar-refractivity contribution in [2.24, 2.45) is 5.92 Å². The normalized spacial score (nSPS) is 28.1. The van der Waals surface area contributed by atoms with Crippen molar-refractivity contribution in [3.8, 4) is 5.75 Å². The summed E-state index contributed by atoms with van der Waals surface area (Å²) in [6.07, 6.45) is 0. The molecule has 6 rings (SSSR count). The maximum atomic E-state index is 14.2. The molecule has 8 heteroatoms. The maximum Gasteiger partial charge on any atom is 0.250 e. The van der Waals surface area contributed by atoms with Crippen molar-refractivity contribution in [3.05, 3.63) is 81.0 Å². The second-order valence-corrected chi connectivity index (χ2v) is 10.9. The molecular weight excluding hydrogens is 476 g/mol. The second-order valence-electron chi connectivity index (χ2n) is 8.57. The number of nitrogens with zero attached hydrogens (tertiary/aromatic N) is 1. The number of halogens is 1. The monoisotopic (exact) mass is 496 g/mol. The summed E-state index contributed by atoms with van der Waals surface area (Å²) in [7, 11) is 1.62. The highest BCUT2D eigenvalue weighted by Gasteiger charge is 2.69. The Kier molecular flexibility index (Phi) is 5.07. The molecule has 2 aromatic carbocycles. The second kappa shape index (κ2) is 7.87. The van der Waals surface area contributed by atoms with Crippen LogP contribution >= 0.6 is 34.7 Å². The number of anilines is 1. The first-order chi connectivity index (χ1) is 16.1. The Bertz CT molecular complexity index is 1250. The van der Waals surface area contributed by atoms with Crippen molar-refractivity contribution < 1.29 is 14.3 Å². The number of nitrogens with one attached hydrogen (secondary N) is 1. The van der Waals surface area contributed by atoms with Crippen molar-refractivity contribution in [2.75, 3.05) is 24.1 Å². The summed E-state index contributed by atoms with van der Waals surface area (Å²) in [5, 5.41) is 5.65. The fraction of sp³-hybridized carbons (Fsp3) is 0.280. The summed E-state index contributed by atoms with van der Waals surface area (Å²) in [4.78, 5) is 31.1. The molecule has 168 valence electrons. The zero-order valence-corrected chi connectivity index (χ0v) is 20.2. The summed E-state index contributed by atoms with van der Waals surface area (Å²) in [5.74, 6) is 1.37. The lowest BCUT2D eigenvalue weighted by molar-refractivity contribution is -0.127. The minimum Gasteiger partial charge on any atom is -0.497 e. The molecule has 33 heavy (non-hydrogen) atoms. The van der Waals surface area contributed by atoms with E-state index in [0.29, 0.717) is 21.5 Å². The SMILES string of the molecule is COc1ccc2c(c1)[C@@]1(C(=O)N2)C(C(=O)c2cccs2)C(c2ccc(Cl)cc2)C2CSCN21. The number of rotatable bonds is 4. The Morgan fingerprint density at radius 3 is 2.76 bits per heavy atom. The number of ketones is 1. The average molecular weight is 497 g/mol. The molecule has 5 nitrogen and oxygen atoms in total. The van der Waals surface area contributed by atoms with E-state index in [9.17, 15) is 9.59 Å². The van der Waals surface area contributed by atoms with Gasteiger partial charge in [0, 0.05) is 39.9 Å². The summed E-state index contributed by atoms with van der Waals surface area (Å²) >= 11 is 9.43. The lowest BCUT2D eigenvalue weighted by atomic mass is 9.70. The van der Waals surface area contributed by atoms with Gasteiger partial charge in [0.2, 0.25) is 5.91 Å². The van der Waals surface area contributed by atoms with Gasteiger partial charge in [-0.25, -0.2) is 0 Å². The third kappa shape index (κ3) is 2.96. The predicted molar refractivity (Wildman–Crippen MR) is 133 cm³/mol. The van der Waals surface area contributed by atoms with E-state index in [0.717, 1.165) is 22.6 Å². The van der Waals surface area contributed by atoms with E-state index in [2.05, 4.69) is 10.2 Å². The van der Waals surface area contributed by atoms with Gasteiger partial charge in [-0.1, -0.05) is 29.8 Å². The molecule has 0 aliphatic carbocycles. The third-order valence-corrected chi connectivity index (χ3v) is 9.30. The van der Waals surface area contributed by atoms with Gasteiger partial charge < -0.3 is 10.1 Å². The highest BCUT2D eigenvalue weighted by molar-refractivity contribution is 7.99. The molecule has 3 unspecified atom stereocenters. The fourth-order valence-corrected chi connectivity index (χ4v) is 7.97. The van der Waals surface area contributed by atoms with Gasteiger partial charge in [-0.2, -0.15) is 0 Å². The average Bonchev–Trinajstić information content (AvgIpc) is 3.60. The molecule has 1 N–H and O–H groups in total. The molecule has 2 fully saturated rings. The Morgan fingerprint density at radius 1 is 1.21 bits per heavy atom. The number of fused-ring (bicyclic) bond motifs is 4. The molecular formula is C25H21ClN2O3S2. The van der Waals surface area contributed by atoms with Crippen molar-refractivity contribution in [1.82, 2.24) is 4.90 Å². The molecule has 3 aliphatic rings. The Morgan fingerprint density at radius 2 is 2.03 bits per heavy atom. The summed E-state index contributed by atoms with van der Waals surface area (Å²) in [6, 6.07) is 17.2. The smallest absolute Gasteiger partial charge is 0.250 e. The Labute approximate surface area is 205 Å². The summed E-state index contributed by atoms with van der Waals surface area (Å²) in [6.45, 7) is 0. The zero-order valence-electron chi connectivity index (χ0n) is 17.8. The summed E-state index contributed by atoms with van der Waals surface area (Å²) in [5.41, 5.74) is 1.51. The number of amides is 1. The van der Waals surface area contributed by atoms with Crippen molar-refractivity contribution in [2.45, 2.75) is 17.5 Å². The molecule has 1 spiro atoms. The van der Waals surface area contributed by atoms with Crippen LogP contribution in [-0.4, -0.2) is 41.4 Å². The van der Waals surface area contributed by atoms with Crippen LogP contribution in [0.3, 0.4) is 0 Å². The first-order valence-electron chi connectivity index (χ1n) is 10.7. The highest BCUT2D eigenvalue weighted by atomic mass is 35.5. The number of thioether (sulfide) groups is 1. The van der Waals surface area contributed by atoms with Crippen molar-refractivity contribution in [3.63, 3.8) is 0 Å². The fourth-order valence-electron chi connectivity index (χ4n) is 5.81. The van der Waals surface area contributed by atoms with Crippen LogP contribution in [0, 0.1) is 5.92 Å². The van der Waals surface area contributed by atoms with E-state index in [1.807, 2.05) is 60.0 Å². The molecule has 3 aliphatic heterocycles. The van der Waals surface area contributed by atoms with E-state index >= 15 is 0 Å². The van der Waals surface area contributed by atoms with Crippen molar-refractivity contribution >= 4 is 52.1 Å². The molecule has 0 radical (unpaired) electrons. The summed E-state index contributed by atoms with van der Waals surface area (Å²) < 4.78 is 5.52. The molecule has 0 bridgehead atoms. The predicted octanol–water partition coefficient (Wildman–Crippen LogP) is 5.23. The first kappa shape index (κ1) is 21.2. The van der Waals surface area contributed by atoms with Crippen LogP contribution in [0.4, 0.5) is 5.69 Å². The largest absolute Gasteiger partial charge is 0.497 e. The minimum absolute atomic E-state index is 0.00942. The third-order valence-electron chi connectivity index (χ3n) is 7.13. The van der Waals surface area contributed by atoms with Gasteiger partial charge in [0.05, 0.1) is 17.9 Å². The molecule has 2 saturated heterocycles. The van der Waals surface area contributed by atoms with Gasteiger partial charge in [0.25, 0.3) is 0 Å². The molecule has 1 amide bonds. The topological polar surface area (TPSA) is 58.6 Å². The number of hydrogen-bond acceptors (Lipinski definition) is 6. The van der Waals surface area contributed by atoms with Crippen LogP contribution in [0.2, 0.25) is 5.02 Å². The zero-order chi connectivity index (χ0) is 22.7. The number of carbonyl (C=O) groups is 2. The Hall–Kier alpha value is -2.32. The van der Waals surface area contributed by atoms with E-state index in [4.69, 9.17) is 16.3 Å². The maximum absolute atomic E-state index is 14.2. The molecule has 4 heterocycles. The van der Waals surface area contributed by atoms with E-state index in [1.165, 1.54) is 11.3 Å². The van der Waals surface area contributed by atoms with E-state index in [1.54, 1.807) is 18.9 Å². The van der Waals surface area contributed by atoms with Crippen LogP contribution in [-0.2, 0) is 10.3 Å². The highest BCUT2D eigenvalue weighted by Crippen LogP contribution is 2.61. The quantitative estimate of drug-likeness (QED) is 0.501. The number of methoxy groups -OCH3 is 1. The van der Waals surface area contributed by atoms with Gasteiger partial charge >= 0.3 is 0 Å². The molecule has 4 atom stereocenters. The molecule has 3 aromatic rings. The lowest BCUT2D eigenvalue weighted by Gasteiger charge is -2.36. The number of carbonyl (C=O) groups excluding carboxylic acids is 2. The number of thiophene rings is 1. The number of Topliss-reactive ketones (excluding diaryl/α,β-unsaturated/α-hetero) is 1. The lowest BCUT2D eigenvalue weighted by Crippen LogP contribution is -2.52. The van der Waals surface area contributed by atoms with Crippen LogP contribution in [0.15, 0.2) is 60.0 Å². The van der Waals surface area contributed by atoms with Crippen LogP contribution in [0.1, 0.15) is 26.7 Å². The number of ether oxygens (including phenoxy) is 1. The standard InChI is InChI=1S/C25H21ClN2O3S2/c1-31-16-8-9-18-17(11-16)25(24(30)27-18)22(23(29)20-3-2-10-33-20)21(19-12-32-13-28(19)25)14-4-6-15(26)7-5-14/h2-11,19,21-22H,12-13H2,1H3,(H,27,30)/t19?,21?,22?,25-/m0/s1. The van der Waals surface area contributed by atoms with E-state index < -0.39 is 11.5 Å². The van der Waals surface area contributed by atoms with Gasteiger partial charge in [0.1, 0.15) is 11.3 Å². The van der Waals surface area contributed by atoms with Gasteiger partial charge in [-0.3, -0.25) is 14.5 Å². The van der Waals surface area contributed by atoms with Crippen LogP contribution in [0.5, 0.6) is 5.75 Å². The van der Waals surface area contributed by atoms with Gasteiger partial charge in [-0.05, 0) is 47.3 Å². The van der Waals surface area contributed by atoms with E-state index in [-0.39, 0.29) is 23.7 Å². The first-order valence-corrected chi connectivity index (χ1v) is 13.1.